The van der Waals surface area contributed by atoms with Gasteiger partial charge in [0.05, 0.1) is 18.2 Å². The van der Waals surface area contributed by atoms with E-state index in [-0.39, 0.29) is 48.3 Å². The summed E-state index contributed by atoms with van der Waals surface area (Å²) in [6.07, 6.45) is 0.495. The molecule has 0 radical (unpaired) electrons. The Morgan fingerprint density at radius 1 is 1.14 bits per heavy atom. The van der Waals surface area contributed by atoms with Gasteiger partial charge in [-0.3, -0.25) is 19.3 Å². The third-order valence-electron chi connectivity index (χ3n) is 8.78. The van der Waals surface area contributed by atoms with Crippen LogP contribution >= 0.6 is 0 Å². The minimum absolute atomic E-state index is 0.0197. The van der Waals surface area contributed by atoms with Crippen LogP contribution in [0.5, 0.6) is 0 Å². The molecule has 42 heavy (non-hydrogen) atoms. The molecule has 1 aromatic carbocycles. The van der Waals surface area contributed by atoms with Crippen molar-refractivity contribution in [2.75, 3.05) is 27.2 Å². The summed E-state index contributed by atoms with van der Waals surface area (Å²) in [7, 11) is 3.42. The fraction of sp³-hybridized carbons (Fsp3) is 0.645. The van der Waals surface area contributed by atoms with Crippen LogP contribution in [0.15, 0.2) is 24.3 Å². The molecule has 3 saturated heterocycles. The van der Waals surface area contributed by atoms with E-state index in [0.29, 0.717) is 24.9 Å². The quantitative estimate of drug-likeness (QED) is 0.526. The van der Waals surface area contributed by atoms with Gasteiger partial charge in [-0.05, 0) is 71.1 Å². The smallest absolute Gasteiger partial charge is 0.408 e. The van der Waals surface area contributed by atoms with Gasteiger partial charge in [-0.2, -0.15) is 5.26 Å². The summed E-state index contributed by atoms with van der Waals surface area (Å²) in [6.45, 7) is 11.9. The highest BCUT2D eigenvalue weighted by atomic mass is 16.6. The molecule has 3 aliphatic rings. The standard InChI is InChI=1S/C31H44N6O5/c1-18-13-23(15-32)36(19(18)2)28(39)25(33-30(41)42-31(4,5)6)17-35-16-24-14-26(35)29(40)37(24)20(3)21-9-11-22(12-10-21)27(38)34(7)8/h9-12,18-20,23-26H,13-14,16-17H2,1-8H3,(H,33,41)/t18?,19?,20?,23?,24-,25?,26?/m0/s1. The SMILES string of the molecule is CC1CC(C#N)N(C(=O)C(CN2C[C@@H]3CC2C(=O)N3C(C)c2ccc(C(=O)N(C)C)cc2)NC(=O)OC(C)(C)C)C1C. The molecule has 4 rings (SSSR count). The molecule has 7 atom stereocenters. The minimum Gasteiger partial charge on any atom is -0.444 e. The van der Waals surface area contributed by atoms with Gasteiger partial charge < -0.3 is 24.8 Å². The molecule has 0 saturated carbocycles. The van der Waals surface area contributed by atoms with E-state index in [2.05, 4.69) is 11.4 Å². The molecular weight excluding hydrogens is 536 g/mol. The number of hydrogen-bond donors (Lipinski definition) is 1. The Morgan fingerprint density at radius 2 is 1.79 bits per heavy atom. The first-order valence-corrected chi connectivity index (χ1v) is 14.7. The van der Waals surface area contributed by atoms with E-state index in [1.54, 1.807) is 51.9 Å². The lowest BCUT2D eigenvalue weighted by Crippen LogP contribution is -2.59. The third-order valence-corrected chi connectivity index (χ3v) is 8.78. The molecule has 3 fully saturated rings. The normalized spacial score (nSPS) is 27.0. The van der Waals surface area contributed by atoms with Crippen LogP contribution in [0.3, 0.4) is 0 Å². The number of carbonyl (C=O) groups excluding carboxylic acids is 4. The summed E-state index contributed by atoms with van der Waals surface area (Å²) in [5.41, 5.74) is 0.779. The zero-order chi connectivity index (χ0) is 31.1. The second-order valence-electron chi connectivity index (χ2n) is 13.1. The van der Waals surface area contributed by atoms with Crippen molar-refractivity contribution in [1.82, 2.24) is 24.9 Å². The van der Waals surface area contributed by atoms with E-state index in [1.165, 1.54) is 4.90 Å². The fourth-order valence-corrected chi connectivity index (χ4v) is 6.46. The van der Waals surface area contributed by atoms with E-state index in [0.717, 1.165) is 5.56 Å². The molecule has 3 aliphatic heterocycles. The molecule has 1 N–H and O–H groups in total. The summed E-state index contributed by atoms with van der Waals surface area (Å²) in [5.74, 6) is -0.287. The molecule has 11 nitrogen and oxygen atoms in total. The van der Waals surface area contributed by atoms with Crippen molar-refractivity contribution in [1.29, 1.82) is 5.26 Å². The zero-order valence-corrected chi connectivity index (χ0v) is 26.0. The van der Waals surface area contributed by atoms with Crippen molar-refractivity contribution in [3.8, 4) is 6.07 Å². The molecule has 11 heteroatoms. The fourth-order valence-electron chi connectivity index (χ4n) is 6.46. The lowest BCUT2D eigenvalue weighted by Gasteiger charge is -2.39. The maximum Gasteiger partial charge on any atom is 0.408 e. The van der Waals surface area contributed by atoms with E-state index in [4.69, 9.17) is 4.74 Å². The predicted octanol–water partition coefficient (Wildman–Crippen LogP) is 2.78. The summed E-state index contributed by atoms with van der Waals surface area (Å²) in [6, 6.07) is 7.26. The second-order valence-corrected chi connectivity index (χ2v) is 13.1. The number of nitrogens with one attached hydrogen (secondary N) is 1. The van der Waals surface area contributed by atoms with Gasteiger partial charge in [0.25, 0.3) is 5.91 Å². The summed E-state index contributed by atoms with van der Waals surface area (Å²) in [4.78, 5) is 59.6. The number of ether oxygens (including phenoxy) is 1. The molecule has 0 spiro atoms. The average molecular weight is 581 g/mol. The van der Waals surface area contributed by atoms with Crippen LogP contribution in [0.1, 0.15) is 76.3 Å². The number of benzene rings is 1. The largest absolute Gasteiger partial charge is 0.444 e. The Kier molecular flexibility index (Phi) is 8.88. The van der Waals surface area contributed by atoms with Gasteiger partial charge in [-0.25, -0.2) is 4.79 Å². The number of nitriles is 1. The minimum atomic E-state index is -0.969. The van der Waals surface area contributed by atoms with Gasteiger partial charge in [0.2, 0.25) is 11.8 Å². The lowest BCUT2D eigenvalue weighted by atomic mass is 10.0. The second kappa shape index (κ2) is 11.9. The van der Waals surface area contributed by atoms with Gasteiger partial charge in [-0.1, -0.05) is 19.1 Å². The van der Waals surface area contributed by atoms with E-state index in [1.807, 2.05) is 42.7 Å². The predicted molar refractivity (Wildman–Crippen MR) is 156 cm³/mol. The van der Waals surface area contributed by atoms with Crippen LogP contribution in [0, 0.1) is 17.2 Å². The first kappa shape index (κ1) is 31.3. The Balaban J connectivity index is 1.49. The molecule has 4 amide bonds. The number of piperazine rings is 1. The van der Waals surface area contributed by atoms with Gasteiger partial charge in [0, 0.05) is 44.8 Å². The zero-order valence-electron chi connectivity index (χ0n) is 26.0. The number of hydrogen-bond acceptors (Lipinski definition) is 7. The number of fused-ring (bicyclic) bond motifs is 2. The number of carbonyl (C=O) groups is 4. The van der Waals surface area contributed by atoms with Gasteiger partial charge >= 0.3 is 6.09 Å². The van der Waals surface area contributed by atoms with Crippen molar-refractivity contribution in [2.45, 2.75) is 96.2 Å². The third kappa shape index (κ3) is 6.24. The topological polar surface area (TPSA) is 126 Å². The summed E-state index contributed by atoms with van der Waals surface area (Å²) in [5, 5.41) is 12.5. The number of nitrogens with zero attached hydrogens (tertiary/aromatic N) is 5. The number of rotatable bonds is 7. The lowest BCUT2D eigenvalue weighted by molar-refractivity contribution is -0.141. The Hall–Kier alpha value is -3.65. The van der Waals surface area contributed by atoms with Gasteiger partial charge in [0.15, 0.2) is 0 Å². The van der Waals surface area contributed by atoms with Crippen LogP contribution in [-0.2, 0) is 14.3 Å². The van der Waals surface area contributed by atoms with Crippen LogP contribution in [-0.4, -0.2) is 106 Å². The molecule has 1 aromatic rings. The molecule has 0 aromatic heterocycles. The van der Waals surface area contributed by atoms with Crippen molar-refractivity contribution >= 4 is 23.8 Å². The number of likely N-dealkylation sites (tertiary alicyclic amines) is 3. The Labute approximate surface area is 248 Å². The maximum absolute atomic E-state index is 13.9. The van der Waals surface area contributed by atoms with Crippen molar-refractivity contribution < 1.29 is 23.9 Å². The van der Waals surface area contributed by atoms with Gasteiger partial charge in [0.1, 0.15) is 17.7 Å². The summed E-state index contributed by atoms with van der Waals surface area (Å²) >= 11 is 0. The summed E-state index contributed by atoms with van der Waals surface area (Å²) < 4.78 is 5.46. The van der Waals surface area contributed by atoms with Gasteiger partial charge in [-0.15, -0.1) is 0 Å². The van der Waals surface area contributed by atoms with Crippen molar-refractivity contribution in [3.63, 3.8) is 0 Å². The van der Waals surface area contributed by atoms with E-state index >= 15 is 0 Å². The number of alkyl carbamates (subject to hydrolysis) is 1. The molecule has 0 aliphatic carbocycles. The van der Waals surface area contributed by atoms with Crippen LogP contribution in [0.25, 0.3) is 0 Å². The van der Waals surface area contributed by atoms with E-state index in [9.17, 15) is 24.4 Å². The molecule has 2 bridgehead atoms. The Morgan fingerprint density at radius 3 is 2.33 bits per heavy atom. The first-order valence-electron chi connectivity index (χ1n) is 14.7. The first-order chi connectivity index (χ1) is 19.6. The van der Waals surface area contributed by atoms with Crippen molar-refractivity contribution in [2.24, 2.45) is 5.92 Å². The van der Waals surface area contributed by atoms with Crippen molar-refractivity contribution in [3.05, 3.63) is 35.4 Å². The molecular formula is C31H44N6O5. The highest BCUT2D eigenvalue weighted by Crippen LogP contribution is 2.38. The average Bonchev–Trinajstić information content (AvgIpc) is 3.56. The molecule has 228 valence electrons. The highest BCUT2D eigenvalue weighted by Gasteiger charge is 2.52. The number of amides is 4. The van der Waals surface area contributed by atoms with Crippen LogP contribution in [0.2, 0.25) is 0 Å². The highest BCUT2D eigenvalue weighted by molar-refractivity contribution is 5.94. The molecule has 6 unspecified atom stereocenters. The van der Waals surface area contributed by atoms with Crippen LogP contribution in [0.4, 0.5) is 4.79 Å². The maximum atomic E-state index is 13.9. The Bertz CT molecular complexity index is 1250. The molecule has 3 heterocycles. The monoisotopic (exact) mass is 580 g/mol. The van der Waals surface area contributed by atoms with E-state index < -0.39 is 29.8 Å². The van der Waals surface area contributed by atoms with Crippen LogP contribution < -0.4 is 5.32 Å².